The van der Waals surface area contributed by atoms with Crippen molar-refractivity contribution in [2.45, 2.75) is 20.4 Å². The second-order valence-corrected chi connectivity index (χ2v) is 5.03. The lowest BCUT2D eigenvalue weighted by Crippen LogP contribution is -2.29. The lowest BCUT2D eigenvalue weighted by atomic mass is 10.2. The Morgan fingerprint density at radius 1 is 1.22 bits per heavy atom. The van der Waals surface area contributed by atoms with E-state index in [2.05, 4.69) is 52.6 Å². The molecule has 4 heteroatoms. The molecule has 1 aromatic carbocycles. The lowest BCUT2D eigenvalue weighted by molar-refractivity contribution is 0.535. The molecule has 0 saturated carbocycles. The van der Waals surface area contributed by atoms with Crippen LogP contribution in [0, 0.1) is 5.92 Å². The Morgan fingerprint density at radius 3 is 2.89 bits per heavy atom. The molecule has 0 aliphatic heterocycles. The molecule has 0 spiro atoms. The molecule has 1 heterocycles. The van der Waals surface area contributed by atoms with Crippen LogP contribution in [0.25, 0.3) is 11.0 Å². The van der Waals surface area contributed by atoms with Crippen LogP contribution in [-0.2, 0) is 6.54 Å². The summed E-state index contributed by atoms with van der Waals surface area (Å²) >= 11 is 0. The number of H-pyrrole nitrogens is 1. The van der Waals surface area contributed by atoms with E-state index >= 15 is 0 Å². The maximum absolute atomic E-state index is 4.21. The van der Waals surface area contributed by atoms with Gasteiger partial charge in [-0.05, 0) is 30.2 Å². The van der Waals surface area contributed by atoms with E-state index in [1.807, 2.05) is 0 Å². The highest BCUT2D eigenvalue weighted by molar-refractivity contribution is 5.74. The van der Waals surface area contributed by atoms with Crippen molar-refractivity contribution in [2.75, 3.05) is 19.6 Å². The first kappa shape index (κ1) is 13.1. The summed E-state index contributed by atoms with van der Waals surface area (Å²) in [5, 5.41) is 6.85. The number of nitrogens with zero attached hydrogens (tertiary/aromatic N) is 1. The van der Waals surface area contributed by atoms with Gasteiger partial charge in [0.05, 0.1) is 17.4 Å². The van der Waals surface area contributed by atoms with Crippen LogP contribution in [0.1, 0.15) is 19.4 Å². The van der Waals surface area contributed by atoms with Crippen molar-refractivity contribution in [1.82, 2.24) is 20.6 Å². The third kappa shape index (κ3) is 3.82. The molecule has 1 aromatic heterocycles. The maximum Gasteiger partial charge on any atom is 0.0931 e. The van der Waals surface area contributed by atoms with Crippen LogP contribution in [-0.4, -0.2) is 29.6 Å². The van der Waals surface area contributed by atoms with Crippen LogP contribution in [0.15, 0.2) is 24.5 Å². The van der Waals surface area contributed by atoms with Crippen LogP contribution in [0.4, 0.5) is 0 Å². The molecular weight excluding hydrogens is 224 g/mol. The number of benzene rings is 1. The Balaban J connectivity index is 1.70. The lowest BCUT2D eigenvalue weighted by Gasteiger charge is -2.08. The smallest absolute Gasteiger partial charge is 0.0931 e. The Bertz CT molecular complexity index is 475. The molecular formula is C14H22N4. The molecule has 0 aliphatic rings. The van der Waals surface area contributed by atoms with Crippen LogP contribution < -0.4 is 10.6 Å². The number of aromatic nitrogens is 2. The summed E-state index contributed by atoms with van der Waals surface area (Å²) in [4.78, 5) is 7.34. The molecule has 2 aromatic rings. The zero-order valence-corrected chi connectivity index (χ0v) is 11.2. The normalized spacial score (nSPS) is 11.5. The number of hydrogen-bond donors (Lipinski definition) is 3. The van der Waals surface area contributed by atoms with Gasteiger partial charge in [0.1, 0.15) is 0 Å². The van der Waals surface area contributed by atoms with E-state index in [4.69, 9.17) is 0 Å². The highest BCUT2D eigenvalue weighted by Gasteiger charge is 1.98. The van der Waals surface area contributed by atoms with Crippen molar-refractivity contribution in [2.24, 2.45) is 5.92 Å². The summed E-state index contributed by atoms with van der Waals surface area (Å²) in [5.74, 6) is 0.716. The van der Waals surface area contributed by atoms with Crippen molar-refractivity contribution in [3.8, 4) is 0 Å². The molecule has 0 radical (unpaired) electrons. The molecule has 2 rings (SSSR count). The molecule has 0 aliphatic carbocycles. The number of fused-ring (bicyclic) bond motifs is 1. The number of imidazole rings is 1. The van der Waals surface area contributed by atoms with E-state index in [1.165, 1.54) is 5.56 Å². The van der Waals surface area contributed by atoms with Gasteiger partial charge in [-0.3, -0.25) is 0 Å². The van der Waals surface area contributed by atoms with Crippen molar-refractivity contribution < 1.29 is 0 Å². The molecule has 18 heavy (non-hydrogen) atoms. The van der Waals surface area contributed by atoms with E-state index in [1.54, 1.807) is 6.33 Å². The molecule has 0 saturated heterocycles. The molecule has 0 amide bonds. The largest absolute Gasteiger partial charge is 0.345 e. The third-order valence-corrected chi connectivity index (χ3v) is 2.84. The fourth-order valence-corrected chi connectivity index (χ4v) is 1.89. The predicted molar refractivity (Wildman–Crippen MR) is 75.5 cm³/mol. The van der Waals surface area contributed by atoms with Crippen molar-refractivity contribution in [1.29, 1.82) is 0 Å². The van der Waals surface area contributed by atoms with E-state index in [0.717, 1.165) is 37.2 Å². The zero-order valence-electron chi connectivity index (χ0n) is 11.2. The van der Waals surface area contributed by atoms with E-state index in [-0.39, 0.29) is 0 Å². The summed E-state index contributed by atoms with van der Waals surface area (Å²) in [5.41, 5.74) is 3.42. The quantitative estimate of drug-likeness (QED) is 0.654. The Kier molecular flexibility index (Phi) is 4.73. The average molecular weight is 246 g/mol. The summed E-state index contributed by atoms with van der Waals surface area (Å²) in [6.07, 6.45) is 1.73. The standard InChI is InChI=1S/C14H22N4/c1-11(2)8-15-5-6-16-9-12-3-4-13-14(7-12)18-10-17-13/h3-4,7,10-11,15-16H,5-6,8-9H2,1-2H3,(H,17,18). The van der Waals surface area contributed by atoms with Gasteiger partial charge in [0.25, 0.3) is 0 Å². The van der Waals surface area contributed by atoms with Crippen molar-refractivity contribution in [3.05, 3.63) is 30.1 Å². The summed E-state index contributed by atoms with van der Waals surface area (Å²) in [7, 11) is 0. The Morgan fingerprint density at radius 2 is 2.06 bits per heavy atom. The first-order chi connectivity index (χ1) is 8.75. The van der Waals surface area contributed by atoms with Gasteiger partial charge in [-0.25, -0.2) is 4.98 Å². The first-order valence-corrected chi connectivity index (χ1v) is 6.59. The van der Waals surface area contributed by atoms with Crippen LogP contribution in [0.5, 0.6) is 0 Å². The highest BCUT2D eigenvalue weighted by atomic mass is 14.9. The fraction of sp³-hybridized carbons (Fsp3) is 0.500. The topological polar surface area (TPSA) is 52.7 Å². The monoisotopic (exact) mass is 246 g/mol. The van der Waals surface area contributed by atoms with Crippen LogP contribution in [0.3, 0.4) is 0 Å². The van der Waals surface area contributed by atoms with Gasteiger partial charge in [-0.1, -0.05) is 19.9 Å². The third-order valence-electron chi connectivity index (χ3n) is 2.84. The summed E-state index contributed by atoms with van der Waals surface area (Å²) in [6.45, 7) is 8.44. The second kappa shape index (κ2) is 6.52. The van der Waals surface area contributed by atoms with Gasteiger partial charge in [0.2, 0.25) is 0 Å². The Labute approximate surface area is 108 Å². The minimum atomic E-state index is 0.716. The fourth-order valence-electron chi connectivity index (χ4n) is 1.89. The molecule has 98 valence electrons. The molecule has 3 N–H and O–H groups in total. The van der Waals surface area contributed by atoms with Gasteiger partial charge in [-0.15, -0.1) is 0 Å². The van der Waals surface area contributed by atoms with Crippen LogP contribution >= 0.6 is 0 Å². The van der Waals surface area contributed by atoms with E-state index < -0.39 is 0 Å². The second-order valence-electron chi connectivity index (χ2n) is 5.03. The molecule has 4 nitrogen and oxygen atoms in total. The molecule has 0 unspecified atom stereocenters. The van der Waals surface area contributed by atoms with Crippen molar-refractivity contribution >= 4 is 11.0 Å². The minimum absolute atomic E-state index is 0.716. The average Bonchev–Trinajstić information content (AvgIpc) is 2.80. The Hall–Kier alpha value is -1.39. The van der Waals surface area contributed by atoms with Gasteiger partial charge in [-0.2, -0.15) is 0 Å². The van der Waals surface area contributed by atoms with Gasteiger partial charge in [0, 0.05) is 19.6 Å². The van der Waals surface area contributed by atoms with E-state index in [9.17, 15) is 0 Å². The number of rotatable bonds is 7. The summed E-state index contributed by atoms with van der Waals surface area (Å²) < 4.78 is 0. The van der Waals surface area contributed by atoms with Crippen molar-refractivity contribution in [3.63, 3.8) is 0 Å². The molecule has 0 fully saturated rings. The van der Waals surface area contributed by atoms with Gasteiger partial charge >= 0.3 is 0 Å². The number of aromatic amines is 1. The van der Waals surface area contributed by atoms with Gasteiger partial charge < -0.3 is 15.6 Å². The number of nitrogens with one attached hydrogen (secondary N) is 3. The van der Waals surface area contributed by atoms with E-state index in [0.29, 0.717) is 5.92 Å². The van der Waals surface area contributed by atoms with Crippen LogP contribution in [0.2, 0.25) is 0 Å². The zero-order chi connectivity index (χ0) is 12.8. The highest BCUT2D eigenvalue weighted by Crippen LogP contribution is 2.11. The predicted octanol–water partition coefficient (Wildman–Crippen LogP) is 1.90. The minimum Gasteiger partial charge on any atom is -0.345 e. The number of hydrogen-bond acceptors (Lipinski definition) is 3. The molecule has 0 bridgehead atoms. The summed E-state index contributed by atoms with van der Waals surface area (Å²) in [6, 6.07) is 6.33. The van der Waals surface area contributed by atoms with Gasteiger partial charge in [0.15, 0.2) is 0 Å². The SMILES string of the molecule is CC(C)CNCCNCc1ccc2nc[nH]c2c1. The molecule has 0 atom stereocenters. The first-order valence-electron chi connectivity index (χ1n) is 6.59. The maximum atomic E-state index is 4.21.